The molecule has 1 amide bonds. The topological polar surface area (TPSA) is 61.6 Å². The zero-order valence-corrected chi connectivity index (χ0v) is 13.8. The van der Waals surface area contributed by atoms with Gasteiger partial charge in [0.15, 0.2) is 0 Å². The van der Waals surface area contributed by atoms with E-state index in [1.165, 1.54) is 25.0 Å². The van der Waals surface area contributed by atoms with Crippen molar-refractivity contribution in [3.63, 3.8) is 0 Å². The largest absolute Gasteiger partial charge is 0.465 e. The second kappa shape index (κ2) is 5.51. The zero-order chi connectivity index (χ0) is 16.0. The molecule has 126 valence electrons. The van der Waals surface area contributed by atoms with E-state index in [1.807, 2.05) is 17.9 Å². The van der Waals surface area contributed by atoms with Gasteiger partial charge < -0.3 is 5.11 Å². The first-order valence-electron chi connectivity index (χ1n) is 8.82. The van der Waals surface area contributed by atoms with Crippen molar-refractivity contribution in [1.82, 2.24) is 19.6 Å². The van der Waals surface area contributed by atoms with Gasteiger partial charge in [0.25, 0.3) is 0 Å². The molecule has 0 bridgehead atoms. The number of hydrogen-bond donors (Lipinski definition) is 1. The van der Waals surface area contributed by atoms with E-state index < -0.39 is 6.09 Å². The molecule has 1 unspecified atom stereocenters. The number of amides is 1. The van der Waals surface area contributed by atoms with Gasteiger partial charge in [0.05, 0.1) is 6.17 Å². The molecule has 1 aliphatic carbocycles. The molecule has 23 heavy (non-hydrogen) atoms. The molecule has 6 heteroatoms. The van der Waals surface area contributed by atoms with Gasteiger partial charge in [-0.1, -0.05) is 6.42 Å². The second-order valence-corrected chi connectivity index (χ2v) is 7.51. The third kappa shape index (κ3) is 2.35. The van der Waals surface area contributed by atoms with Crippen molar-refractivity contribution in [3.05, 3.63) is 18.0 Å². The number of aromatic nitrogens is 2. The summed E-state index contributed by atoms with van der Waals surface area (Å²) in [4.78, 5) is 15.8. The van der Waals surface area contributed by atoms with E-state index in [4.69, 9.17) is 0 Å². The molecule has 1 saturated carbocycles. The summed E-state index contributed by atoms with van der Waals surface area (Å²) in [6.07, 6.45) is 8.13. The minimum absolute atomic E-state index is 0.112. The van der Waals surface area contributed by atoms with E-state index in [1.54, 1.807) is 4.90 Å². The molecule has 1 aromatic rings. The fraction of sp³-hybridized carbons (Fsp3) is 0.765. The van der Waals surface area contributed by atoms with Crippen molar-refractivity contribution in [2.45, 2.75) is 50.6 Å². The van der Waals surface area contributed by atoms with Gasteiger partial charge in [-0.3, -0.25) is 14.5 Å². The van der Waals surface area contributed by atoms with Crippen LogP contribution in [0.25, 0.3) is 0 Å². The Bertz CT molecular complexity index is 587. The lowest BCUT2D eigenvalue weighted by Gasteiger charge is -2.50. The summed E-state index contributed by atoms with van der Waals surface area (Å²) in [7, 11) is 2.01. The third-order valence-electron chi connectivity index (χ3n) is 6.44. The van der Waals surface area contributed by atoms with Crippen molar-refractivity contribution >= 4 is 6.09 Å². The summed E-state index contributed by atoms with van der Waals surface area (Å²) >= 11 is 0. The normalized spacial score (nSPS) is 28.2. The molecule has 4 rings (SSSR count). The lowest BCUT2D eigenvalue weighted by molar-refractivity contribution is -0.0430. The van der Waals surface area contributed by atoms with Gasteiger partial charge in [-0.05, 0) is 38.2 Å². The zero-order valence-electron chi connectivity index (χ0n) is 13.8. The van der Waals surface area contributed by atoms with Crippen LogP contribution in [0.15, 0.2) is 12.3 Å². The molecule has 2 saturated heterocycles. The number of piperidine rings is 1. The van der Waals surface area contributed by atoms with Crippen LogP contribution in [0.1, 0.15) is 50.1 Å². The highest BCUT2D eigenvalue weighted by Gasteiger charge is 2.55. The molecule has 3 fully saturated rings. The molecule has 1 N–H and O–H groups in total. The number of likely N-dealkylation sites (tertiary alicyclic amines) is 2. The highest BCUT2D eigenvalue weighted by molar-refractivity contribution is 5.66. The first kappa shape index (κ1) is 15.0. The smallest absolute Gasteiger partial charge is 0.408 e. The average molecular weight is 318 g/mol. The Kier molecular flexibility index (Phi) is 3.59. The van der Waals surface area contributed by atoms with Crippen LogP contribution in [0.4, 0.5) is 4.79 Å². The summed E-state index contributed by atoms with van der Waals surface area (Å²) in [6, 6.07) is 2.12. The molecular weight excluding hydrogens is 292 g/mol. The fourth-order valence-electron chi connectivity index (χ4n) is 5.07. The van der Waals surface area contributed by atoms with E-state index >= 15 is 0 Å². The van der Waals surface area contributed by atoms with Crippen LogP contribution in [-0.2, 0) is 7.05 Å². The molecule has 3 aliphatic rings. The number of nitrogens with zero attached hydrogens (tertiary/aromatic N) is 4. The van der Waals surface area contributed by atoms with Gasteiger partial charge >= 0.3 is 6.09 Å². The lowest BCUT2D eigenvalue weighted by atomic mass is 9.65. The highest BCUT2D eigenvalue weighted by Crippen LogP contribution is 2.53. The van der Waals surface area contributed by atoms with E-state index in [2.05, 4.69) is 16.1 Å². The number of rotatable bonds is 2. The maximum atomic E-state index is 11.7. The first-order chi connectivity index (χ1) is 11.1. The van der Waals surface area contributed by atoms with Crippen molar-refractivity contribution < 1.29 is 9.90 Å². The van der Waals surface area contributed by atoms with Gasteiger partial charge in [0, 0.05) is 49.9 Å². The monoisotopic (exact) mass is 318 g/mol. The lowest BCUT2D eigenvalue weighted by Crippen LogP contribution is -2.57. The Balaban J connectivity index is 1.48. The Morgan fingerprint density at radius 2 is 2.00 bits per heavy atom. The predicted molar refractivity (Wildman–Crippen MR) is 86.2 cm³/mol. The standard InChI is InChI=1S/C17H26N4O2/c1-19-14(3-9-18-19)13-4-10-20(11-5-13)15-17(6-2-7-17)8-12-21(15)16(22)23/h3,9,13,15H,2,4-8,10-12H2,1H3,(H,22,23). The molecular formula is C17H26N4O2. The molecule has 3 heterocycles. The van der Waals surface area contributed by atoms with Crippen LogP contribution in [0.5, 0.6) is 0 Å². The van der Waals surface area contributed by atoms with E-state index in [-0.39, 0.29) is 11.6 Å². The fourth-order valence-corrected chi connectivity index (χ4v) is 5.07. The van der Waals surface area contributed by atoms with Crippen LogP contribution in [0.2, 0.25) is 0 Å². The van der Waals surface area contributed by atoms with Gasteiger partial charge in [-0.15, -0.1) is 0 Å². The van der Waals surface area contributed by atoms with Crippen molar-refractivity contribution in [2.24, 2.45) is 12.5 Å². The Labute approximate surface area is 137 Å². The highest BCUT2D eigenvalue weighted by atomic mass is 16.4. The van der Waals surface area contributed by atoms with Crippen molar-refractivity contribution in [1.29, 1.82) is 0 Å². The Hall–Kier alpha value is -1.56. The van der Waals surface area contributed by atoms with E-state index in [0.29, 0.717) is 12.5 Å². The maximum absolute atomic E-state index is 11.7. The second-order valence-electron chi connectivity index (χ2n) is 7.51. The minimum atomic E-state index is -0.743. The van der Waals surface area contributed by atoms with Crippen LogP contribution in [0.3, 0.4) is 0 Å². The van der Waals surface area contributed by atoms with Crippen molar-refractivity contribution in [2.75, 3.05) is 19.6 Å². The summed E-state index contributed by atoms with van der Waals surface area (Å²) in [5.74, 6) is 0.552. The van der Waals surface area contributed by atoms with Gasteiger partial charge in [-0.25, -0.2) is 4.79 Å². The van der Waals surface area contributed by atoms with Gasteiger partial charge in [0.1, 0.15) is 0 Å². The van der Waals surface area contributed by atoms with Crippen LogP contribution in [0, 0.1) is 5.41 Å². The van der Waals surface area contributed by atoms with Crippen LogP contribution >= 0.6 is 0 Å². The molecule has 0 radical (unpaired) electrons. The number of aryl methyl sites for hydroxylation is 1. The molecule has 1 atom stereocenters. The molecule has 2 aliphatic heterocycles. The summed E-state index contributed by atoms with van der Waals surface area (Å²) < 4.78 is 1.98. The van der Waals surface area contributed by atoms with Gasteiger partial charge in [0.2, 0.25) is 0 Å². The molecule has 0 aromatic carbocycles. The van der Waals surface area contributed by atoms with E-state index in [0.717, 1.165) is 32.4 Å². The minimum Gasteiger partial charge on any atom is -0.465 e. The Morgan fingerprint density at radius 1 is 1.26 bits per heavy atom. The molecule has 6 nitrogen and oxygen atoms in total. The molecule has 1 spiro atoms. The van der Waals surface area contributed by atoms with Crippen LogP contribution in [-0.4, -0.2) is 56.6 Å². The predicted octanol–water partition coefficient (Wildman–Crippen LogP) is 2.48. The average Bonchev–Trinajstić information content (AvgIpc) is 3.10. The third-order valence-corrected chi connectivity index (χ3v) is 6.44. The van der Waals surface area contributed by atoms with Crippen LogP contribution < -0.4 is 0 Å². The summed E-state index contributed by atoms with van der Waals surface area (Å²) in [6.45, 7) is 2.69. The van der Waals surface area contributed by atoms with E-state index in [9.17, 15) is 9.90 Å². The number of hydrogen-bond acceptors (Lipinski definition) is 3. The Morgan fingerprint density at radius 3 is 2.52 bits per heavy atom. The SMILES string of the molecule is Cn1nccc1C1CCN(C2N(C(=O)O)CCC23CCC3)CC1. The first-order valence-corrected chi connectivity index (χ1v) is 8.82. The summed E-state index contributed by atoms with van der Waals surface area (Å²) in [5.41, 5.74) is 1.56. The summed E-state index contributed by atoms with van der Waals surface area (Å²) in [5, 5.41) is 13.9. The number of carbonyl (C=O) groups is 1. The molecule has 1 aromatic heterocycles. The maximum Gasteiger partial charge on any atom is 0.408 e. The van der Waals surface area contributed by atoms with Crippen molar-refractivity contribution in [3.8, 4) is 0 Å². The van der Waals surface area contributed by atoms with Gasteiger partial charge in [-0.2, -0.15) is 5.10 Å². The quantitative estimate of drug-likeness (QED) is 0.910. The number of carboxylic acid groups (broad SMARTS) is 1.